The summed E-state index contributed by atoms with van der Waals surface area (Å²) in [6, 6.07) is 6.99. The van der Waals surface area contributed by atoms with Crippen LogP contribution in [0.1, 0.15) is 42.5 Å². The number of para-hydroxylation sites is 1. The molecule has 112 valence electrons. The van der Waals surface area contributed by atoms with Gasteiger partial charge in [-0.1, -0.05) is 31.4 Å². The number of nitrogens with one attached hydrogen (secondary N) is 1. The molecule has 1 aromatic carbocycles. The van der Waals surface area contributed by atoms with E-state index < -0.39 is 5.97 Å². The number of hydrogen-bond acceptors (Lipinski definition) is 4. The lowest BCUT2D eigenvalue weighted by atomic mass is 9.96. The van der Waals surface area contributed by atoms with Crippen molar-refractivity contribution >= 4 is 18.4 Å². The molecule has 5 heteroatoms. The standard InChI is InChI=1S/C15H21NO3.ClH/c17-14-9-5-4-8-13(14)15(18)19-11-10-16-12-6-2-1-3-7-12;/h4-5,8-9,12,16-17H,1-3,6-7,10-11H2;1H. The Hall–Kier alpha value is -1.26. The van der Waals surface area contributed by atoms with E-state index >= 15 is 0 Å². The molecule has 0 bridgehead atoms. The molecule has 0 saturated heterocycles. The normalized spacial score (nSPS) is 15.4. The molecular weight excluding hydrogens is 278 g/mol. The minimum atomic E-state index is -0.469. The summed E-state index contributed by atoms with van der Waals surface area (Å²) in [5, 5.41) is 12.9. The Kier molecular flexibility index (Phi) is 7.41. The van der Waals surface area contributed by atoms with Crippen molar-refractivity contribution in [1.29, 1.82) is 0 Å². The molecular formula is C15H22ClNO3. The van der Waals surface area contributed by atoms with Gasteiger partial charge in [0.05, 0.1) is 0 Å². The zero-order valence-electron chi connectivity index (χ0n) is 11.5. The highest BCUT2D eigenvalue weighted by atomic mass is 35.5. The van der Waals surface area contributed by atoms with Crippen LogP contribution in [-0.2, 0) is 4.74 Å². The molecule has 1 fully saturated rings. The number of aromatic hydroxyl groups is 1. The van der Waals surface area contributed by atoms with Crippen molar-refractivity contribution in [1.82, 2.24) is 5.32 Å². The number of ether oxygens (including phenoxy) is 1. The number of carbonyl (C=O) groups is 1. The third kappa shape index (κ3) is 5.02. The Labute approximate surface area is 125 Å². The fourth-order valence-electron chi connectivity index (χ4n) is 2.44. The Morgan fingerprint density at radius 3 is 2.65 bits per heavy atom. The molecule has 0 amide bonds. The molecule has 0 radical (unpaired) electrons. The molecule has 1 aromatic rings. The highest BCUT2D eigenvalue weighted by Gasteiger charge is 2.14. The van der Waals surface area contributed by atoms with Gasteiger partial charge >= 0.3 is 5.97 Å². The van der Waals surface area contributed by atoms with E-state index in [1.165, 1.54) is 38.2 Å². The SMILES string of the molecule is Cl.O=C(OCCNC1CCCCC1)c1ccccc1O. The van der Waals surface area contributed by atoms with E-state index in [-0.39, 0.29) is 23.7 Å². The van der Waals surface area contributed by atoms with Gasteiger partial charge in [0.15, 0.2) is 0 Å². The second-order valence-corrected chi connectivity index (χ2v) is 4.94. The average molecular weight is 300 g/mol. The van der Waals surface area contributed by atoms with Crippen LogP contribution in [0.5, 0.6) is 5.75 Å². The molecule has 0 unspecified atom stereocenters. The van der Waals surface area contributed by atoms with Crippen LogP contribution in [-0.4, -0.2) is 30.3 Å². The maximum absolute atomic E-state index is 11.7. The molecule has 4 nitrogen and oxygen atoms in total. The second-order valence-electron chi connectivity index (χ2n) is 4.94. The van der Waals surface area contributed by atoms with Crippen LogP contribution in [0.4, 0.5) is 0 Å². The van der Waals surface area contributed by atoms with Gasteiger partial charge in [-0.15, -0.1) is 12.4 Å². The minimum absolute atomic E-state index is 0. The lowest BCUT2D eigenvalue weighted by molar-refractivity contribution is 0.0501. The van der Waals surface area contributed by atoms with Crippen LogP contribution < -0.4 is 5.32 Å². The first kappa shape index (κ1) is 16.8. The number of phenolic OH excluding ortho intramolecular Hbond substituents is 1. The van der Waals surface area contributed by atoms with E-state index in [9.17, 15) is 9.90 Å². The van der Waals surface area contributed by atoms with Gasteiger partial charge in [0.25, 0.3) is 0 Å². The van der Waals surface area contributed by atoms with Crippen molar-refractivity contribution < 1.29 is 14.6 Å². The van der Waals surface area contributed by atoms with Crippen LogP contribution in [0.25, 0.3) is 0 Å². The van der Waals surface area contributed by atoms with Crippen molar-refractivity contribution in [2.75, 3.05) is 13.2 Å². The Balaban J connectivity index is 0.00000200. The van der Waals surface area contributed by atoms with Crippen LogP contribution in [0.3, 0.4) is 0 Å². The molecule has 1 aliphatic rings. The van der Waals surface area contributed by atoms with E-state index in [4.69, 9.17) is 4.74 Å². The predicted octanol–water partition coefficient (Wildman–Crippen LogP) is 2.89. The van der Waals surface area contributed by atoms with Crippen LogP contribution in [0.2, 0.25) is 0 Å². The van der Waals surface area contributed by atoms with Crippen LogP contribution in [0.15, 0.2) is 24.3 Å². The Bertz CT molecular complexity index is 419. The number of benzene rings is 1. The molecule has 1 saturated carbocycles. The van der Waals surface area contributed by atoms with Crippen LogP contribution >= 0.6 is 12.4 Å². The van der Waals surface area contributed by atoms with Gasteiger partial charge in [-0.3, -0.25) is 0 Å². The third-order valence-electron chi connectivity index (χ3n) is 3.50. The largest absolute Gasteiger partial charge is 0.507 e. The summed E-state index contributed by atoms with van der Waals surface area (Å²) >= 11 is 0. The molecule has 0 aromatic heterocycles. The molecule has 0 spiro atoms. The molecule has 0 aliphatic heterocycles. The number of phenols is 1. The van der Waals surface area contributed by atoms with Gasteiger partial charge in [-0.25, -0.2) is 4.79 Å². The Morgan fingerprint density at radius 1 is 1.25 bits per heavy atom. The number of hydrogen-bond donors (Lipinski definition) is 2. The average Bonchev–Trinajstić information content (AvgIpc) is 2.45. The van der Waals surface area contributed by atoms with Gasteiger partial charge in [0, 0.05) is 12.6 Å². The monoisotopic (exact) mass is 299 g/mol. The zero-order chi connectivity index (χ0) is 13.5. The van der Waals surface area contributed by atoms with Crippen molar-refractivity contribution in [3.05, 3.63) is 29.8 Å². The van der Waals surface area contributed by atoms with E-state index in [2.05, 4.69) is 5.32 Å². The summed E-state index contributed by atoms with van der Waals surface area (Å²) in [7, 11) is 0. The minimum Gasteiger partial charge on any atom is -0.507 e. The van der Waals surface area contributed by atoms with Crippen molar-refractivity contribution in [2.24, 2.45) is 0 Å². The molecule has 1 aliphatic carbocycles. The van der Waals surface area contributed by atoms with Gasteiger partial charge in [0.2, 0.25) is 0 Å². The summed E-state index contributed by atoms with van der Waals surface area (Å²) in [5.41, 5.74) is 0.222. The number of halogens is 1. The summed E-state index contributed by atoms with van der Waals surface area (Å²) in [6.45, 7) is 1.01. The summed E-state index contributed by atoms with van der Waals surface area (Å²) in [5.74, 6) is -0.503. The molecule has 20 heavy (non-hydrogen) atoms. The number of esters is 1. The summed E-state index contributed by atoms with van der Waals surface area (Å²) in [6.07, 6.45) is 6.34. The lowest BCUT2D eigenvalue weighted by Crippen LogP contribution is -2.33. The van der Waals surface area contributed by atoms with Gasteiger partial charge in [-0.2, -0.15) is 0 Å². The van der Waals surface area contributed by atoms with Crippen molar-refractivity contribution in [3.8, 4) is 5.75 Å². The molecule has 0 atom stereocenters. The zero-order valence-corrected chi connectivity index (χ0v) is 12.3. The van der Waals surface area contributed by atoms with E-state index in [1.807, 2.05) is 0 Å². The fourth-order valence-corrected chi connectivity index (χ4v) is 2.44. The lowest BCUT2D eigenvalue weighted by Gasteiger charge is -2.22. The van der Waals surface area contributed by atoms with Gasteiger partial charge < -0.3 is 15.2 Å². The highest BCUT2D eigenvalue weighted by Crippen LogP contribution is 2.17. The number of rotatable bonds is 5. The first-order valence-electron chi connectivity index (χ1n) is 6.96. The topological polar surface area (TPSA) is 58.6 Å². The van der Waals surface area contributed by atoms with E-state index in [0.717, 1.165) is 0 Å². The Morgan fingerprint density at radius 2 is 1.95 bits per heavy atom. The highest BCUT2D eigenvalue weighted by molar-refractivity contribution is 5.92. The fraction of sp³-hybridized carbons (Fsp3) is 0.533. The second kappa shape index (κ2) is 8.82. The molecule has 0 heterocycles. The van der Waals surface area contributed by atoms with Gasteiger partial charge in [-0.05, 0) is 25.0 Å². The maximum atomic E-state index is 11.7. The smallest absolute Gasteiger partial charge is 0.341 e. The third-order valence-corrected chi connectivity index (χ3v) is 3.50. The van der Waals surface area contributed by atoms with Gasteiger partial charge in [0.1, 0.15) is 17.9 Å². The first-order chi connectivity index (χ1) is 9.27. The van der Waals surface area contributed by atoms with Crippen molar-refractivity contribution in [2.45, 2.75) is 38.1 Å². The predicted molar refractivity (Wildman–Crippen MR) is 80.5 cm³/mol. The van der Waals surface area contributed by atoms with Crippen LogP contribution in [0, 0.1) is 0 Å². The first-order valence-corrected chi connectivity index (χ1v) is 6.96. The molecule has 2 N–H and O–H groups in total. The summed E-state index contributed by atoms with van der Waals surface area (Å²) < 4.78 is 5.14. The quantitative estimate of drug-likeness (QED) is 0.648. The number of carbonyl (C=O) groups excluding carboxylic acids is 1. The van der Waals surface area contributed by atoms with E-state index in [1.54, 1.807) is 18.2 Å². The molecule has 2 rings (SSSR count). The maximum Gasteiger partial charge on any atom is 0.341 e. The summed E-state index contributed by atoms with van der Waals surface area (Å²) in [4.78, 5) is 11.7. The van der Waals surface area contributed by atoms with E-state index in [0.29, 0.717) is 19.2 Å². The van der Waals surface area contributed by atoms with Crippen molar-refractivity contribution in [3.63, 3.8) is 0 Å².